The third kappa shape index (κ3) is 4.77. The molecule has 0 aliphatic carbocycles. The number of nitro benzene ring substituents is 1. The van der Waals surface area contributed by atoms with Crippen molar-refractivity contribution in [3.63, 3.8) is 0 Å². The number of ketones is 1. The highest BCUT2D eigenvalue weighted by atomic mass is 35.5. The summed E-state index contributed by atoms with van der Waals surface area (Å²) < 4.78 is 0. The van der Waals surface area contributed by atoms with Crippen LogP contribution in [-0.4, -0.2) is 46.7 Å². The van der Waals surface area contributed by atoms with Crippen LogP contribution in [0, 0.1) is 10.1 Å². The zero-order valence-electron chi connectivity index (χ0n) is 11.0. The number of non-ortho nitro benzene ring substituents is 1. The number of carbonyl (C=O) groups excluding carboxylic acids is 1. The summed E-state index contributed by atoms with van der Waals surface area (Å²) in [4.78, 5) is 24.3. The predicted octanol–water partition coefficient (Wildman–Crippen LogP) is 2.64. The number of carbonyl (C=O) groups is 1. The van der Waals surface area contributed by atoms with Gasteiger partial charge in [-0.05, 0) is 12.1 Å². The fourth-order valence-electron chi connectivity index (χ4n) is 2.00. The Morgan fingerprint density at radius 2 is 1.85 bits per heavy atom. The molecule has 0 atom stereocenters. The van der Waals surface area contributed by atoms with Gasteiger partial charge in [-0.2, -0.15) is 11.8 Å². The SMILES string of the molecule is Cl.O=C(CCN1CCSCC1)c1ccc([N+](=O)[O-])cc1. The number of rotatable bonds is 5. The quantitative estimate of drug-likeness (QED) is 0.475. The monoisotopic (exact) mass is 316 g/mol. The van der Waals surface area contributed by atoms with Gasteiger partial charge in [0.1, 0.15) is 0 Å². The van der Waals surface area contributed by atoms with Crippen LogP contribution < -0.4 is 0 Å². The van der Waals surface area contributed by atoms with Crippen LogP contribution in [0.1, 0.15) is 16.8 Å². The molecule has 1 heterocycles. The van der Waals surface area contributed by atoms with Crippen LogP contribution in [0.4, 0.5) is 5.69 Å². The molecule has 1 fully saturated rings. The number of hydrogen-bond donors (Lipinski definition) is 0. The molecule has 0 bridgehead atoms. The van der Waals surface area contributed by atoms with Crippen molar-refractivity contribution in [3.8, 4) is 0 Å². The minimum atomic E-state index is -0.459. The van der Waals surface area contributed by atoms with Gasteiger partial charge in [-0.15, -0.1) is 12.4 Å². The molecule has 2 rings (SSSR count). The Kier molecular flexibility index (Phi) is 6.98. The van der Waals surface area contributed by atoms with Crippen molar-refractivity contribution in [2.24, 2.45) is 0 Å². The van der Waals surface area contributed by atoms with Crippen molar-refractivity contribution < 1.29 is 9.72 Å². The molecule has 0 saturated carbocycles. The second-order valence-corrected chi connectivity index (χ2v) is 5.66. The van der Waals surface area contributed by atoms with Crippen LogP contribution in [0.15, 0.2) is 24.3 Å². The van der Waals surface area contributed by atoms with Gasteiger partial charge in [-0.3, -0.25) is 14.9 Å². The maximum Gasteiger partial charge on any atom is 0.269 e. The molecule has 1 aliphatic rings. The van der Waals surface area contributed by atoms with Crippen LogP contribution in [-0.2, 0) is 0 Å². The van der Waals surface area contributed by atoms with Crippen LogP contribution in [0.2, 0.25) is 0 Å². The topological polar surface area (TPSA) is 63.5 Å². The van der Waals surface area contributed by atoms with Crippen LogP contribution in [0.25, 0.3) is 0 Å². The van der Waals surface area contributed by atoms with Crippen molar-refractivity contribution in [1.82, 2.24) is 4.90 Å². The standard InChI is InChI=1S/C13H16N2O3S.ClH/c16-13(5-6-14-7-9-19-10-8-14)11-1-3-12(4-2-11)15(17)18;/h1-4H,5-10H2;1H. The van der Waals surface area contributed by atoms with E-state index in [-0.39, 0.29) is 23.9 Å². The molecule has 0 N–H and O–H groups in total. The maximum absolute atomic E-state index is 12.0. The summed E-state index contributed by atoms with van der Waals surface area (Å²) in [6.07, 6.45) is 0.475. The van der Waals surface area contributed by atoms with Gasteiger partial charge in [0, 0.05) is 55.3 Å². The molecule has 7 heteroatoms. The van der Waals surface area contributed by atoms with E-state index in [1.54, 1.807) is 0 Å². The highest BCUT2D eigenvalue weighted by Gasteiger charge is 2.13. The summed E-state index contributed by atoms with van der Waals surface area (Å²) >= 11 is 1.94. The van der Waals surface area contributed by atoms with E-state index in [4.69, 9.17) is 0 Å². The average molecular weight is 317 g/mol. The minimum absolute atomic E-state index is 0. The first kappa shape index (κ1) is 16.9. The molecule has 1 aromatic rings. The Morgan fingerprint density at radius 1 is 1.25 bits per heavy atom. The van der Waals surface area contributed by atoms with E-state index in [0.717, 1.165) is 31.1 Å². The Balaban J connectivity index is 0.00000200. The van der Waals surface area contributed by atoms with Crippen molar-refractivity contribution in [2.45, 2.75) is 6.42 Å². The molecular formula is C13H17ClN2O3S. The summed E-state index contributed by atoms with van der Waals surface area (Å²) in [6.45, 7) is 2.85. The Morgan fingerprint density at radius 3 is 2.40 bits per heavy atom. The lowest BCUT2D eigenvalue weighted by Gasteiger charge is -2.25. The second kappa shape index (κ2) is 8.24. The van der Waals surface area contributed by atoms with E-state index in [1.807, 2.05) is 11.8 Å². The number of Topliss-reactive ketones (excluding diaryl/α,β-unsaturated/α-hetero) is 1. The van der Waals surface area contributed by atoms with Crippen molar-refractivity contribution >= 4 is 35.6 Å². The molecule has 1 aromatic carbocycles. The average Bonchev–Trinajstić information content (AvgIpc) is 2.46. The fourth-order valence-corrected chi connectivity index (χ4v) is 2.98. The molecule has 0 spiro atoms. The van der Waals surface area contributed by atoms with Crippen molar-refractivity contribution in [3.05, 3.63) is 39.9 Å². The van der Waals surface area contributed by atoms with Gasteiger partial charge in [0.25, 0.3) is 5.69 Å². The molecule has 0 unspecified atom stereocenters. The minimum Gasteiger partial charge on any atom is -0.301 e. The number of nitrogens with zero attached hydrogens (tertiary/aromatic N) is 2. The summed E-state index contributed by atoms with van der Waals surface area (Å²) in [7, 11) is 0. The van der Waals surface area contributed by atoms with Crippen molar-refractivity contribution in [1.29, 1.82) is 0 Å². The number of halogens is 1. The lowest BCUT2D eigenvalue weighted by atomic mass is 10.1. The largest absolute Gasteiger partial charge is 0.301 e. The first-order chi connectivity index (χ1) is 9.16. The smallest absolute Gasteiger partial charge is 0.269 e. The van der Waals surface area contributed by atoms with Crippen LogP contribution in [0.5, 0.6) is 0 Å². The summed E-state index contributed by atoms with van der Waals surface area (Å²) in [6, 6.07) is 5.83. The molecule has 0 radical (unpaired) electrons. The summed E-state index contributed by atoms with van der Waals surface area (Å²) in [5, 5.41) is 10.5. The number of thioether (sulfide) groups is 1. The van der Waals surface area contributed by atoms with Gasteiger partial charge >= 0.3 is 0 Å². The second-order valence-electron chi connectivity index (χ2n) is 4.43. The Labute approximate surface area is 128 Å². The van der Waals surface area contributed by atoms with Gasteiger partial charge in [-0.1, -0.05) is 0 Å². The zero-order chi connectivity index (χ0) is 13.7. The van der Waals surface area contributed by atoms with E-state index >= 15 is 0 Å². The van der Waals surface area contributed by atoms with E-state index in [1.165, 1.54) is 24.3 Å². The lowest BCUT2D eigenvalue weighted by molar-refractivity contribution is -0.384. The van der Waals surface area contributed by atoms with E-state index in [2.05, 4.69) is 4.90 Å². The molecule has 0 aromatic heterocycles. The molecule has 110 valence electrons. The van der Waals surface area contributed by atoms with E-state index < -0.39 is 4.92 Å². The van der Waals surface area contributed by atoms with Crippen molar-refractivity contribution in [2.75, 3.05) is 31.1 Å². The molecular weight excluding hydrogens is 300 g/mol. The zero-order valence-corrected chi connectivity index (χ0v) is 12.6. The first-order valence-corrected chi connectivity index (χ1v) is 7.40. The van der Waals surface area contributed by atoms with Gasteiger partial charge in [0.2, 0.25) is 0 Å². The highest BCUT2D eigenvalue weighted by molar-refractivity contribution is 7.99. The van der Waals surface area contributed by atoms with Gasteiger partial charge in [0.15, 0.2) is 5.78 Å². The number of benzene rings is 1. The summed E-state index contributed by atoms with van der Waals surface area (Å²) in [5.74, 6) is 2.31. The van der Waals surface area contributed by atoms with Crippen LogP contribution >= 0.6 is 24.2 Å². The maximum atomic E-state index is 12.0. The predicted molar refractivity (Wildman–Crippen MR) is 83.1 cm³/mol. The third-order valence-corrected chi connectivity index (χ3v) is 4.10. The highest BCUT2D eigenvalue weighted by Crippen LogP contribution is 2.14. The summed E-state index contributed by atoms with van der Waals surface area (Å²) in [5.41, 5.74) is 0.571. The Hall–Kier alpha value is -1.11. The Bertz CT molecular complexity index is 461. The van der Waals surface area contributed by atoms with Gasteiger partial charge in [0.05, 0.1) is 4.92 Å². The molecule has 1 saturated heterocycles. The van der Waals surface area contributed by atoms with E-state index in [9.17, 15) is 14.9 Å². The van der Waals surface area contributed by atoms with Gasteiger partial charge < -0.3 is 4.90 Å². The molecule has 5 nitrogen and oxygen atoms in total. The van der Waals surface area contributed by atoms with Gasteiger partial charge in [-0.25, -0.2) is 0 Å². The third-order valence-electron chi connectivity index (χ3n) is 3.16. The lowest BCUT2D eigenvalue weighted by Crippen LogP contribution is -2.34. The molecule has 1 aliphatic heterocycles. The fraction of sp³-hybridized carbons (Fsp3) is 0.462. The number of hydrogen-bond acceptors (Lipinski definition) is 5. The molecule has 0 amide bonds. The van der Waals surface area contributed by atoms with Crippen LogP contribution in [0.3, 0.4) is 0 Å². The van der Waals surface area contributed by atoms with E-state index in [0.29, 0.717) is 12.0 Å². The normalized spacial score (nSPS) is 15.4. The molecule has 20 heavy (non-hydrogen) atoms. The number of nitro groups is 1. The first-order valence-electron chi connectivity index (χ1n) is 6.24.